The van der Waals surface area contributed by atoms with Crippen molar-refractivity contribution in [3.63, 3.8) is 0 Å². The maximum atomic E-state index is 14.5. The van der Waals surface area contributed by atoms with Crippen molar-refractivity contribution >= 4 is 17.8 Å². The number of amidine groups is 1. The van der Waals surface area contributed by atoms with E-state index in [2.05, 4.69) is 4.99 Å². The van der Waals surface area contributed by atoms with Crippen molar-refractivity contribution in [2.24, 2.45) is 4.99 Å². The number of nitro benzene ring substituents is 1. The summed E-state index contributed by atoms with van der Waals surface area (Å²) in [6.45, 7) is 6.94. The number of carboxylic acid groups (broad SMARTS) is 1. The highest BCUT2D eigenvalue weighted by Crippen LogP contribution is 2.39. The van der Waals surface area contributed by atoms with Crippen LogP contribution in [0.3, 0.4) is 0 Å². The summed E-state index contributed by atoms with van der Waals surface area (Å²) in [5.41, 5.74) is -2.15. The van der Waals surface area contributed by atoms with Gasteiger partial charge in [-0.2, -0.15) is 0 Å². The molecule has 0 radical (unpaired) electrons. The van der Waals surface area contributed by atoms with Crippen LogP contribution in [0, 0.1) is 15.9 Å². The summed E-state index contributed by atoms with van der Waals surface area (Å²) in [4.78, 5) is 27.6. The fourth-order valence-corrected chi connectivity index (χ4v) is 2.98. The van der Waals surface area contributed by atoms with Crippen LogP contribution in [0.4, 0.5) is 14.9 Å². The molecule has 1 atom stereocenters. The van der Waals surface area contributed by atoms with Crippen LogP contribution < -0.4 is 0 Å². The van der Waals surface area contributed by atoms with E-state index in [0.717, 1.165) is 23.1 Å². The quantitative estimate of drug-likeness (QED) is 0.644. The Bertz CT molecular complexity index is 759. The SMILES string of the molecule is CC[C@@]1(c2cc([N+](=O)[O-])ccc2F)CCOC(N(C(=O)O)C(C)(C)C)=N1. The zero-order chi connectivity index (χ0) is 19.7. The summed E-state index contributed by atoms with van der Waals surface area (Å²) in [7, 11) is 0. The van der Waals surface area contributed by atoms with E-state index in [1.807, 2.05) is 0 Å². The van der Waals surface area contributed by atoms with Crippen LogP contribution in [-0.4, -0.2) is 39.2 Å². The van der Waals surface area contributed by atoms with Crippen molar-refractivity contribution < 1.29 is 24.0 Å². The molecule has 8 nitrogen and oxygen atoms in total. The van der Waals surface area contributed by atoms with Gasteiger partial charge >= 0.3 is 6.09 Å². The lowest BCUT2D eigenvalue weighted by Gasteiger charge is -2.39. The Labute approximate surface area is 150 Å². The van der Waals surface area contributed by atoms with E-state index < -0.39 is 27.9 Å². The smallest absolute Gasteiger partial charge is 0.415 e. The minimum Gasteiger partial charge on any atom is -0.465 e. The molecule has 0 saturated carbocycles. The molecule has 0 fully saturated rings. The van der Waals surface area contributed by atoms with Crippen molar-refractivity contribution in [2.75, 3.05) is 6.61 Å². The number of nitrogens with zero attached hydrogens (tertiary/aromatic N) is 3. The number of carbonyl (C=O) groups is 1. The molecule has 0 bridgehead atoms. The van der Waals surface area contributed by atoms with E-state index in [1.54, 1.807) is 27.7 Å². The topological polar surface area (TPSA) is 105 Å². The average molecular weight is 367 g/mol. The normalized spacial score (nSPS) is 20.1. The van der Waals surface area contributed by atoms with Crippen LogP contribution in [0.5, 0.6) is 0 Å². The van der Waals surface area contributed by atoms with Crippen LogP contribution in [-0.2, 0) is 10.3 Å². The molecular formula is C17H22FN3O5. The van der Waals surface area contributed by atoms with Crippen LogP contribution >= 0.6 is 0 Å². The number of nitro groups is 1. The minimum atomic E-state index is -1.25. The highest BCUT2D eigenvalue weighted by atomic mass is 19.1. The standard InChI is InChI=1S/C17H22FN3O5/c1-5-17(12-10-11(21(24)25)6-7-13(12)18)8-9-26-14(19-17)20(15(22)23)16(2,3)4/h6-7,10H,5,8-9H2,1-4H3,(H,22,23)/t17-/m0/s1. The van der Waals surface area contributed by atoms with Crippen LogP contribution in [0.15, 0.2) is 23.2 Å². The monoisotopic (exact) mass is 367 g/mol. The molecule has 0 spiro atoms. The first-order valence-corrected chi connectivity index (χ1v) is 8.22. The van der Waals surface area contributed by atoms with E-state index in [0.29, 0.717) is 6.42 Å². The maximum Gasteiger partial charge on any atom is 0.415 e. The zero-order valence-corrected chi connectivity index (χ0v) is 15.2. The second-order valence-electron chi connectivity index (χ2n) is 7.09. The molecule has 9 heteroatoms. The number of hydrogen-bond donors (Lipinski definition) is 1. The molecule has 1 aromatic rings. The van der Waals surface area contributed by atoms with Gasteiger partial charge in [0.1, 0.15) is 5.82 Å². The zero-order valence-electron chi connectivity index (χ0n) is 15.2. The Hall–Kier alpha value is -2.71. The van der Waals surface area contributed by atoms with Crippen molar-refractivity contribution in [1.29, 1.82) is 0 Å². The first kappa shape index (κ1) is 19.6. The first-order valence-electron chi connectivity index (χ1n) is 8.22. The number of ether oxygens (including phenoxy) is 1. The summed E-state index contributed by atoms with van der Waals surface area (Å²) < 4.78 is 20.0. The summed E-state index contributed by atoms with van der Waals surface area (Å²) in [6.07, 6.45) is -0.638. The number of benzene rings is 1. The molecular weight excluding hydrogens is 345 g/mol. The molecule has 1 aromatic carbocycles. The largest absolute Gasteiger partial charge is 0.465 e. The third-order valence-electron chi connectivity index (χ3n) is 4.36. The summed E-state index contributed by atoms with van der Waals surface area (Å²) in [5.74, 6) is -0.625. The molecule has 26 heavy (non-hydrogen) atoms. The molecule has 0 aliphatic carbocycles. The lowest BCUT2D eigenvalue weighted by molar-refractivity contribution is -0.385. The Morgan fingerprint density at radius 1 is 1.50 bits per heavy atom. The fraction of sp³-hybridized carbons (Fsp3) is 0.529. The summed E-state index contributed by atoms with van der Waals surface area (Å²) in [5, 5.41) is 20.6. The fourth-order valence-electron chi connectivity index (χ4n) is 2.98. The van der Waals surface area contributed by atoms with E-state index in [4.69, 9.17) is 4.74 Å². The molecule has 1 aliphatic rings. The van der Waals surface area contributed by atoms with Gasteiger partial charge in [0.05, 0.1) is 17.1 Å². The highest BCUT2D eigenvalue weighted by molar-refractivity contribution is 5.91. The average Bonchev–Trinajstić information content (AvgIpc) is 2.53. The molecule has 1 amide bonds. The van der Waals surface area contributed by atoms with Crippen molar-refractivity contribution in [1.82, 2.24) is 4.90 Å². The molecule has 142 valence electrons. The summed E-state index contributed by atoms with van der Waals surface area (Å²) >= 11 is 0. The molecule has 0 unspecified atom stereocenters. The Kier molecular flexibility index (Phi) is 5.20. The number of amides is 1. The molecule has 0 aromatic heterocycles. The van der Waals surface area contributed by atoms with Crippen molar-refractivity contribution in [3.8, 4) is 0 Å². The van der Waals surface area contributed by atoms with Gasteiger partial charge < -0.3 is 9.84 Å². The minimum absolute atomic E-state index is 0.0641. The molecule has 0 saturated heterocycles. The predicted molar refractivity (Wildman–Crippen MR) is 92.6 cm³/mol. The van der Waals surface area contributed by atoms with Gasteiger partial charge in [-0.05, 0) is 33.3 Å². The number of halogens is 1. The van der Waals surface area contributed by atoms with Gasteiger partial charge in [0.2, 0.25) is 0 Å². The van der Waals surface area contributed by atoms with Gasteiger partial charge in [-0.1, -0.05) is 6.92 Å². The Morgan fingerprint density at radius 3 is 2.65 bits per heavy atom. The van der Waals surface area contributed by atoms with Crippen LogP contribution in [0.1, 0.15) is 46.1 Å². The van der Waals surface area contributed by atoms with E-state index in [1.165, 1.54) is 0 Å². The van der Waals surface area contributed by atoms with Crippen molar-refractivity contribution in [3.05, 3.63) is 39.7 Å². The third kappa shape index (κ3) is 3.61. The lowest BCUT2D eigenvalue weighted by Crippen LogP contribution is -2.52. The van der Waals surface area contributed by atoms with Gasteiger partial charge in [0.25, 0.3) is 11.7 Å². The van der Waals surface area contributed by atoms with Gasteiger partial charge in [-0.3, -0.25) is 10.1 Å². The number of non-ortho nitro benzene ring substituents is 1. The van der Waals surface area contributed by atoms with E-state index in [-0.39, 0.29) is 30.3 Å². The highest BCUT2D eigenvalue weighted by Gasteiger charge is 2.41. The molecule has 1 N–H and O–H groups in total. The van der Waals surface area contributed by atoms with Gasteiger partial charge in [0.15, 0.2) is 0 Å². The second-order valence-corrected chi connectivity index (χ2v) is 7.09. The number of hydrogen-bond acceptors (Lipinski definition) is 5. The first-order chi connectivity index (χ1) is 12.0. The Morgan fingerprint density at radius 2 is 2.15 bits per heavy atom. The summed E-state index contributed by atoms with van der Waals surface area (Å²) in [6, 6.07) is 3.15. The molecule has 1 aliphatic heterocycles. The number of aliphatic imine (C=N–C) groups is 1. The molecule has 2 rings (SSSR count). The number of rotatable bonds is 3. The van der Waals surface area contributed by atoms with Gasteiger partial charge in [0, 0.05) is 29.7 Å². The predicted octanol–water partition coefficient (Wildman–Crippen LogP) is 3.89. The maximum absolute atomic E-state index is 14.5. The van der Waals surface area contributed by atoms with Crippen molar-refractivity contribution in [2.45, 2.75) is 51.6 Å². The Balaban J connectivity index is 2.63. The van der Waals surface area contributed by atoms with E-state index in [9.17, 15) is 24.4 Å². The molecule has 1 heterocycles. The van der Waals surface area contributed by atoms with Crippen LogP contribution in [0.25, 0.3) is 0 Å². The van der Waals surface area contributed by atoms with Crippen LogP contribution in [0.2, 0.25) is 0 Å². The second kappa shape index (κ2) is 6.89. The third-order valence-corrected chi connectivity index (χ3v) is 4.36. The van der Waals surface area contributed by atoms with Gasteiger partial charge in [-0.25, -0.2) is 19.1 Å². The lowest BCUT2D eigenvalue weighted by atomic mass is 9.83. The van der Waals surface area contributed by atoms with Gasteiger partial charge in [-0.15, -0.1) is 0 Å². The van der Waals surface area contributed by atoms with E-state index >= 15 is 0 Å².